The molecular weight excluding hydrogens is 346 g/mol. The SMILES string of the molecule is Cl.c1ccc(CC2CCN(CCC3COc4ccccc4O3)CC2)cc1. The van der Waals surface area contributed by atoms with Gasteiger partial charge in [-0.1, -0.05) is 42.5 Å². The Morgan fingerprint density at radius 2 is 1.58 bits per heavy atom. The monoisotopic (exact) mass is 373 g/mol. The highest BCUT2D eigenvalue weighted by Gasteiger charge is 2.23. The van der Waals surface area contributed by atoms with Crippen LogP contribution in [0, 0.1) is 5.92 Å². The molecule has 2 aromatic carbocycles. The topological polar surface area (TPSA) is 21.7 Å². The van der Waals surface area contributed by atoms with Crippen LogP contribution in [0.5, 0.6) is 11.5 Å². The number of benzene rings is 2. The predicted octanol–water partition coefficient (Wildman–Crippen LogP) is 4.59. The van der Waals surface area contributed by atoms with Crippen LogP contribution in [-0.4, -0.2) is 37.2 Å². The third kappa shape index (κ3) is 4.93. The number of para-hydroxylation sites is 2. The second-order valence-corrected chi connectivity index (χ2v) is 7.26. The number of rotatable bonds is 5. The predicted molar refractivity (Wildman–Crippen MR) is 108 cm³/mol. The van der Waals surface area contributed by atoms with Gasteiger partial charge in [-0.05, 0) is 56.0 Å². The van der Waals surface area contributed by atoms with Gasteiger partial charge < -0.3 is 14.4 Å². The lowest BCUT2D eigenvalue weighted by atomic mass is 9.90. The molecule has 1 unspecified atom stereocenters. The van der Waals surface area contributed by atoms with Gasteiger partial charge in [0.05, 0.1) is 0 Å². The number of likely N-dealkylation sites (tertiary alicyclic amines) is 1. The van der Waals surface area contributed by atoms with E-state index >= 15 is 0 Å². The normalized spacial score (nSPS) is 20.4. The Labute approximate surface area is 162 Å². The van der Waals surface area contributed by atoms with Crippen LogP contribution >= 0.6 is 12.4 Å². The second-order valence-electron chi connectivity index (χ2n) is 7.26. The molecule has 2 aliphatic rings. The lowest BCUT2D eigenvalue weighted by Gasteiger charge is -2.33. The zero-order chi connectivity index (χ0) is 16.9. The summed E-state index contributed by atoms with van der Waals surface area (Å²) in [6, 6.07) is 18.9. The molecule has 0 amide bonds. The van der Waals surface area contributed by atoms with Crippen molar-refractivity contribution >= 4 is 12.4 Å². The number of fused-ring (bicyclic) bond motifs is 1. The number of nitrogens with zero attached hydrogens (tertiary/aromatic N) is 1. The Kier molecular flexibility index (Phi) is 6.81. The first-order valence-corrected chi connectivity index (χ1v) is 9.51. The summed E-state index contributed by atoms with van der Waals surface area (Å²) in [7, 11) is 0. The molecule has 0 aromatic heterocycles. The summed E-state index contributed by atoms with van der Waals surface area (Å²) in [6.07, 6.45) is 5.05. The van der Waals surface area contributed by atoms with Gasteiger partial charge in [-0.3, -0.25) is 0 Å². The van der Waals surface area contributed by atoms with Crippen molar-refractivity contribution < 1.29 is 9.47 Å². The van der Waals surface area contributed by atoms with Crippen molar-refractivity contribution in [3.05, 3.63) is 60.2 Å². The Morgan fingerprint density at radius 1 is 0.885 bits per heavy atom. The molecule has 2 aromatic rings. The first kappa shape index (κ1) is 19.1. The van der Waals surface area contributed by atoms with Crippen molar-refractivity contribution in [2.45, 2.75) is 31.8 Å². The van der Waals surface area contributed by atoms with E-state index in [1.54, 1.807) is 0 Å². The molecule has 0 aliphatic carbocycles. The van der Waals surface area contributed by atoms with Gasteiger partial charge in [0.25, 0.3) is 0 Å². The molecule has 3 nitrogen and oxygen atoms in total. The van der Waals surface area contributed by atoms with Crippen LogP contribution in [0.2, 0.25) is 0 Å². The number of halogens is 1. The van der Waals surface area contributed by atoms with Crippen LogP contribution in [0.4, 0.5) is 0 Å². The van der Waals surface area contributed by atoms with Crippen molar-refractivity contribution in [1.29, 1.82) is 0 Å². The van der Waals surface area contributed by atoms with Crippen molar-refractivity contribution in [2.24, 2.45) is 5.92 Å². The first-order valence-electron chi connectivity index (χ1n) is 9.51. The zero-order valence-corrected chi connectivity index (χ0v) is 16.0. The molecule has 140 valence electrons. The third-order valence-electron chi connectivity index (χ3n) is 5.41. The standard InChI is InChI=1S/C22H27NO2.ClH/c1-2-6-18(7-3-1)16-19-10-13-23(14-11-19)15-12-20-17-24-21-8-4-5-9-22(21)25-20;/h1-9,19-20H,10-17H2;1H. The molecule has 0 bridgehead atoms. The van der Waals surface area contributed by atoms with Crippen LogP contribution < -0.4 is 9.47 Å². The fourth-order valence-corrected chi connectivity index (χ4v) is 3.89. The average molecular weight is 374 g/mol. The molecule has 2 aliphatic heterocycles. The summed E-state index contributed by atoms with van der Waals surface area (Å²) in [6.45, 7) is 4.19. The lowest BCUT2D eigenvalue weighted by molar-refractivity contribution is 0.0700. The Balaban J connectivity index is 0.00000196. The zero-order valence-electron chi connectivity index (χ0n) is 15.2. The summed E-state index contributed by atoms with van der Waals surface area (Å²) < 4.78 is 11.9. The van der Waals surface area contributed by atoms with Crippen LogP contribution in [0.15, 0.2) is 54.6 Å². The fourth-order valence-electron chi connectivity index (χ4n) is 3.89. The maximum absolute atomic E-state index is 6.07. The van der Waals surface area contributed by atoms with E-state index in [-0.39, 0.29) is 18.5 Å². The van der Waals surface area contributed by atoms with Crippen LogP contribution in [0.1, 0.15) is 24.8 Å². The number of piperidine rings is 1. The molecule has 26 heavy (non-hydrogen) atoms. The van der Waals surface area contributed by atoms with Crippen LogP contribution in [0.3, 0.4) is 0 Å². The van der Waals surface area contributed by atoms with Crippen molar-refractivity contribution in [2.75, 3.05) is 26.2 Å². The molecule has 2 heterocycles. The Bertz CT molecular complexity index is 671. The van der Waals surface area contributed by atoms with Gasteiger partial charge in [-0.25, -0.2) is 0 Å². The maximum atomic E-state index is 6.07. The molecule has 4 rings (SSSR count). The Hall–Kier alpha value is -1.71. The highest BCUT2D eigenvalue weighted by Crippen LogP contribution is 2.31. The lowest BCUT2D eigenvalue weighted by Crippen LogP contribution is -2.38. The third-order valence-corrected chi connectivity index (χ3v) is 5.41. The molecule has 0 spiro atoms. The van der Waals surface area contributed by atoms with E-state index in [0.29, 0.717) is 6.61 Å². The largest absolute Gasteiger partial charge is 0.486 e. The smallest absolute Gasteiger partial charge is 0.161 e. The van der Waals surface area contributed by atoms with Gasteiger partial charge in [-0.15, -0.1) is 12.4 Å². The van der Waals surface area contributed by atoms with Gasteiger partial charge in [-0.2, -0.15) is 0 Å². The Morgan fingerprint density at radius 3 is 2.35 bits per heavy atom. The minimum Gasteiger partial charge on any atom is -0.486 e. The van der Waals surface area contributed by atoms with E-state index in [2.05, 4.69) is 35.2 Å². The van der Waals surface area contributed by atoms with Gasteiger partial charge >= 0.3 is 0 Å². The quantitative estimate of drug-likeness (QED) is 0.764. The van der Waals surface area contributed by atoms with Gasteiger partial charge in [0.2, 0.25) is 0 Å². The van der Waals surface area contributed by atoms with Crippen LogP contribution in [0.25, 0.3) is 0 Å². The van der Waals surface area contributed by atoms with Gasteiger partial charge in [0.1, 0.15) is 12.7 Å². The maximum Gasteiger partial charge on any atom is 0.161 e. The van der Waals surface area contributed by atoms with Crippen molar-refractivity contribution in [1.82, 2.24) is 4.90 Å². The van der Waals surface area contributed by atoms with Crippen molar-refractivity contribution in [3.8, 4) is 11.5 Å². The van der Waals surface area contributed by atoms with E-state index in [1.165, 1.54) is 37.9 Å². The second kappa shape index (κ2) is 9.29. The van der Waals surface area contributed by atoms with Gasteiger partial charge in [0.15, 0.2) is 11.5 Å². The molecule has 0 N–H and O–H groups in total. The highest BCUT2D eigenvalue weighted by atomic mass is 35.5. The molecule has 0 radical (unpaired) electrons. The van der Waals surface area contributed by atoms with Crippen LogP contribution in [-0.2, 0) is 6.42 Å². The van der Waals surface area contributed by atoms with E-state index in [9.17, 15) is 0 Å². The molecular formula is C22H28ClNO2. The van der Waals surface area contributed by atoms with Gasteiger partial charge in [0, 0.05) is 13.0 Å². The number of hydrogen-bond donors (Lipinski definition) is 0. The average Bonchev–Trinajstić information content (AvgIpc) is 2.68. The minimum atomic E-state index is 0. The summed E-state index contributed by atoms with van der Waals surface area (Å²) in [5, 5.41) is 0. The summed E-state index contributed by atoms with van der Waals surface area (Å²) in [5.74, 6) is 2.60. The molecule has 1 saturated heterocycles. The molecule has 0 saturated carbocycles. The summed E-state index contributed by atoms with van der Waals surface area (Å²) in [5.41, 5.74) is 1.48. The highest BCUT2D eigenvalue weighted by molar-refractivity contribution is 5.85. The van der Waals surface area contributed by atoms with Crippen molar-refractivity contribution in [3.63, 3.8) is 0 Å². The first-order chi connectivity index (χ1) is 12.4. The van der Waals surface area contributed by atoms with E-state index in [4.69, 9.17) is 9.47 Å². The molecule has 4 heteroatoms. The molecule has 1 fully saturated rings. The molecule has 1 atom stereocenters. The fraction of sp³-hybridized carbons (Fsp3) is 0.455. The van der Waals surface area contributed by atoms with E-state index in [0.717, 1.165) is 30.4 Å². The number of ether oxygens (including phenoxy) is 2. The minimum absolute atomic E-state index is 0. The number of hydrogen-bond acceptors (Lipinski definition) is 3. The van der Waals surface area contributed by atoms with E-state index < -0.39 is 0 Å². The summed E-state index contributed by atoms with van der Waals surface area (Å²) >= 11 is 0. The van der Waals surface area contributed by atoms with E-state index in [1.807, 2.05) is 24.3 Å². The summed E-state index contributed by atoms with van der Waals surface area (Å²) in [4.78, 5) is 2.59.